The summed E-state index contributed by atoms with van der Waals surface area (Å²) >= 11 is 0. The molecule has 1 saturated carbocycles. The minimum absolute atomic E-state index is 0.0479. The molecule has 1 aliphatic carbocycles. The average Bonchev–Trinajstić information content (AvgIpc) is 3.20. The molecule has 0 radical (unpaired) electrons. The molecule has 1 aromatic heterocycles. The zero-order chi connectivity index (χ0) is 22.7. The molecule has 2 atom stereocenters. The Balaban J connectivity index is 1.34. The van der Waals surface area contributed by atoms with Gasteiger partial charge in [-0.3, -0.25) is 4.79 Å². The second-order valence-electron chi connectivity index (χ2n) is 8.89. The van der Waals surface area contributed by atoms with Crippen molar-refractivity contribution in [2.75, 3.05) is 29.9 Å². The van der Waals surface area contributed by atoms with Gasteiger partial charge in [0.15, 0.2) is 11.6 Å². The van der Waals surface area contributed by atoms with E-state index in [-0.39, 0.29) is 23.9 Å². The lowest BCUT2D eigenvalue weighted by Crippen LogP contribution is -2.43. The normalized spacial score (nSPS) is 20.4. The third kappa shape index (κ3) is 5.12. The maximum atomic E-state index is 15.1. The van der Waals surface area contributed by atoms with Crippen LogP contribution in [0.3, 0.4) is 0 Å². The standard InChI is InChI=1S/C24H31FN4O3/c1-16(28-17(2)30)18-4-6-19(7-5-18)32-20-9-13-29(14-20)21-8-12-26-23(22(21)25)27-15-24(31)10-3-11-24/h4-8,12,16,20,31H,3,9-11,13-15H2,1-2H3,(H,26,27)(H,28,30)/t16-,20+/m0/s1. The summed E-state index contributed by atoms with van der Waals surface area (Å²) in [6, 6.07) is 9.30. The number of benzene rings is 1. The van der Waals surface area contributed by atoms with Gasteiger partial charge in [-0.2, -0.15) is 0 Å². The van der Waals surface area contributed by atoms with Gasteiger partial charge in [0, 0.05) is 32.6 Å². The van der Waals surface area contributed by atoms with Gasteiger partial charge in [-0.05, 0) is 49.9 Å². The summed E-state index contributed by atoms with van der Waals surface area (Å²) in [6.07, 6.45) is 4.80. The number of carbonyl (C=O) groups excluding carboxylic acids is 1. The quantitative estimate of drug-likeness (QED) is 0.581. The van der Waals surface area contributed by atoms with Gasteiger partial charge in [0.05, 0.1) is 23.9 Å². The molecule has 3 N–H and O–H groups in total. The van der Waals surface area contributed by atoms with Crippen LogP contribution in [0.5, 0.6) is 5.75 Å². The average molecular weight is 443 g/mol. The van der Waals surface area contributed by atoms with Crippen LogP contribution in [0.2, 0.25) is 0 Å². The number of anilines is 2. The summed E-state index contributed by atoms with van der Waals surface area (Å²) in [4.78, 5) is 17.3. The third-order valence-electron chi connectivity index (χ3n) is 6.33. The summed E-state index contributed by atoms with van der Waals surface area (Å²) in [5.74, 6) is 0.467. The van der Waals surface area contributed by atoms with Crippen LogP contribution in [0, 0.1) is 5.82 Å². The molecule has 0 spiro atoms. The van der Waals surface area contributed by atoms with Crippen molar-refractivity contribution in [3.8, 4) is 5.75 Å². The molecule has 1 saturated heterocycles. The Morgan fingerprint density at radius 3 is 2.75 bits per heavy atom. The molecule has 2 heterocycles. The fourth-order valence-corrected chi connectivity index (χ4v) is 4.27. The number of amides is 1. The molecule has 7 nitrogen and oxygen atoms in total. The van der Waals surface area contributed by atoms with Gasteiger partial charge in [0.1, 0.15) is 11.9 Å². The van der Waals surface area contributed by atoms with Crippen LogP contribution in [0.4, 0.5) is 15.9 Å². The highest BCUT2D eigenvalue weighted by Gasteiger charge is 2.34. The Labute approximate surface area is 188 Å². The first-order valence-electron chi connectivity index (χ1n) is 11.2. The first-order valence-corrected chi connectivity index (χ1v) is 11.2. The number of nitrogens with one attached hydrogen (secondary N) is 2. The lowest BCUT2D eigenvalue weighted by atomic mass is 9.80. The van der Waals surface area contributed by atoms with E-state index in [0.29, 0.717) is 25.3 Å². The van der Waals surface area contributed by atoms with Crippen LogP contribution in [-0.2, 0) is 4.79 Å². The largest absolute Gasteiger partial charge is 0.489 e. The smallest absolute Gasteiger partial charge is 0.217 e. The number of aliphatic hydroxyl groups is 1. The van der Waals surface area contributed by atoms with E-state index < -0.39 is 11.4 Å². The molecule has 0 bridgehead atoms. The van der Waals surface area contributed by atoms with Gasteiger partial charge in [-0.1, -0.05) is 12.1 Å². The summed E-state index contributed by atoms with van der Waals surface area (Å²) in [6.45, 7) is 5.01. The molecule has 1 amide bonds. The molecule has 0 unspecified atom stereocenters. The SMILES string of the molecule is CC(=O)N[C@@H](C)c1ccc(O[C@@H]2CCN(c3ccnc(NCC4(O)CCC4)c3F)C2)cc1. The van der Waals surface area contributed by atoms with Crippen LogP contribution < -0.4 is 20.3 Å². The van der Waals surface area contributed by atoms with E-state index in [1.54, 1.807) is 12.3 Å². The monoisotopic (exact) mass is 442 g/mol. The van der Waals surface area contributed by atoms with E-state index in [9.17, 15) is 9.90 Å². The van der Waals surface area contributed by atoms with Gasteiger partial charge < -0.3 is 25.4 Å². The van der Waals surface area contributed by atoms with Crippen molar-refractivity contribution < 1.29 is 19.0 Å². The highest BCUT2D eigenvalue weighted by atomic mass is 19.1. The summed E-state index contributed by atoms with van der Waals surface area (Å²) in [7, 11) is 0. The Hall–Kier alpha value is -2.87. The molecule has 2 fully saturated rings. The van der Waals surface area contributed by atoms with Crippen LogP contribution in [0.15, 0.2) is 36.5 Å². The van der Waals surface area contributed by atoms with Gasteiger partial charge in [0.25, 0.3) is 0 Å². The van der Waals surface area contributed by atoms with Gasteiger partial charge >= 0.3 is 0 Å². The number of pyridine rings is 1. The number of rotatable bonds is 8. The van der Waals surface area contributed by atoms with E-state index >= 15 is 4.39 Å². The Bertz CT molecular complexity index is 949. The third-order valence-corrected chi connectivity index (χ3v) is 6.33. The molecular formula is C24H31FN4O3. The van der Waals surface area contributed by atoms with Crippen LogP contribution in [0.25, 0.3) is 0 Å². The van der Waals surface area contributed by atoms with Crippen LogP contribution >= 0.6 is 0 Å². The topological polar surface area (TPSA) is 86.7 Å². The highest BCUT2D eigenvalue weighted by Crippen LogP contribution is 2.33. The molecule has 32 heavy (non-hydrogen) atoms. The Morgan fingerprint density at radius 2 is 2.09 bits per heavy atom. The van der Waals surface area contributed by atoms with Gasteiger partial charge in [-0.25, -0.2) is 9.37 Å². The Morgan fingerprint density at radius 1 is 1.34 bits per heavy atom. The van der Waals surface area contributed by atoms with Crippen molar-refractivity contribution in [2.45, 2.75) is 57.3 Å². The lowest BCUT2D eigenvalue weighted by Gasteiger charge is -2.36. The van der Waals surface area contributed by atoms with Crippen LogP contribution in [-0.4, -0.2) is 47.3 Å². The van der Waals surface area contributed by atoms with Crippen LogP contribution in [0.1, 0.15) is 51.1 Å². The minimum Gasteiger partial charge on any atom is -0.489 e. The zero-order valence-electron chi connectivity index (χ0n) is 18.6. The summed E-state index contributed by atoms with van der Waals surface area (Å²) < 4.78 is 21.2. The summed E-state index contributed by atoms with van der Waals surface area (Å²) in [5, 5.41) is 16.1. The number of hydrogen-bond donors (Lipinski definition) is 3. The van der Waals surface area contributed by atoms with E-state index in [1.165, 1.54) is 6.92 Å². The van der Waals surface area contributed by atoms with Crippen molar-refractivity contribution in [1.82, 2.24) is 10.3 Å². The molecule has 4 rings (SSSR count). The van der Waals surface area contributed by atoms with Crippen molar-refractivity contribution in [2.24, 2.45) is 0 Å². The lowest BCUT2D eigenvalue weighted by molar-refractivity contribution is -0.119. The van der Waals surface area contributed by atoms with Crippen molar-refractivity contribution in [1.29, 1.82) is 0 Å². The van der Waals surface area contributed by atoms with E-state index in [1.807, 2.05) is 36.1 Å². The fraction of sp³-hybridized carbons (Fsp3) is 0.500. The number of ether oxygens (including phenoxy) is 1. The van der Waals surface area contributed by atoms with Crippen molar-refractivity contribution >= 4 is 17.4 Å². The minimum atomic E-state index is -0.744. The number of hydrogen-bond acceptors (Lipinski definition) is 6. The number of halogens is 1. The molecule has 172 valence electrons. The second kappa shape index (κ2) is 9.32. The molecule has 1 aliphatic heterocycles. The first-order chi connectivity index (χ1) is 15.3. The Kier molecular flexibility index (Phi) is 6.50. The highest BCUT2D eigenvalue weighted by molar-refractivity contribution is 5.73. The number of aromatic nitrogens is 1. The molecule has 1 aromatic carbocycles. The number of nitrogens with zero attached hydrogens (tertiary/aromatic N) is 2. The predicted molar refractivity (Wildman–Crippen MR) is 121 cm³/mol. The predicted octanol–water partition coefficient (Wildman–Crippen LogP) is 3.40. The summed E-state index contributed by atoms with van der Waals surface area (Å²) in [5.41, 5.74) is 0.756. The van der Waals surface area contributed by atoms with Crippen molar-refractivity contribution in [3.05, 3.63) is 47.9 Å². The fourth-order valence-electron chi connectivity index (χ4n) is 4.27. The maximum absolute atomic E-state index is 15.1. The second-order valence-corrected chi connectivity index (χ2v) is 8.89. The molecule has 2 aromatic rings. The first kappa shape index (κ1) is 22.3. The number of carbonyl (C=O) groups is 1. The molecule has 2 aliphatic rings. The van der Waals surface area contributed by atoms with E-state index in [4.69, 9.17) is 4.74 Å². The molecule has 8 heteroatoms. The van der Waals surface area contributed by atoms with Gasteiger partial charge in [0.2, 0.25) is 5.91 Å². The maximum Gasteiger partial charge on any atom is 0.217 e. The zero-order valence-corrected chi connectivity index (χ0v) is 18.6. The molecular weight excluding hydrogens is 411 g/mol. The van der Waals surface area contributed by atoms with Gasteiger partial charge in [-0.15, -0.1) is 0 Å². The van der Waals surface area contributed by atoms with E-state index in [2.05, 4.69) is 15.6 Å². The van der Waals surface area contributed by atoms with E-state index in [0.717, 1.165) is 37.0 Å². The van der Waals surface area contributed by atoms with Crippen molar-refractivity contribution in [3.63, 3.8) is 0 Å².